The minimum Gasteiger partial charge on any atom is -0.455 e. The average molecular weight is 1140 g/mol. The molecule has 0 saturated heterocycles. The first kappa shape index (κ1) is 51.7. The van der Waals surface area contributed by atoms with E-state index in [1.54, 1.807) is 0 Å². The molecule has 6 heteroatoms. The van der Waals surface area contributed by atoms with E-state index in [0.29, 0.717) is 0 Å². The van der Waals surface area contributed by atoms with Crippen LogP contribution in [0.3, 0.4) is 0 Å². The van der Waals surface area contributed by atoms with Crippen molar-refractivity contribution in [1.29, 1.82) is 0 Å². The fourth-order valence-electron chi connectivity index (χ4n) is 13.1. The number of nitrogens with zero attached hydrogens (tertiary/aromatic N) is 4. The van der Waals surface area contributed by atoms with Gasteiger partial charge in [-0.2, -0.15) is 0 Å². The van der Waals surface area contributed by atoms with Crippen molar-refractivity contribution in [3.05, 3.63) is 297 Å². The number of aromatic nitrogens is 1. The van der Waals surface area contributed by atoms with Crippen LogP contribution < -0.4 is 14.7 Å². The molecule has 16 aromatic rings. The molecule has 0 N–H and O–H groups in total. The van der Waals surface area contributed by atoms with Crippen LogP contribution >= 0.6 is 11.3 Å². The molecule has 87 heavy (non-hydrogen) atoms. The standard InChI is InChI=1S/C81H58N4OS/c1-82(58-17-6-4-7-18-58)59-43-33-55(34-44-59)67-51-49-65(77-72-22-10-13-26-74(72)85(79(67)77)64-19-8-5-9-20-64)53-29-39-60(40-30-53)83(2)62-45-35-56(36-46-62)68-52-50-66(78-73-23-11-14-27-75(73)86-80(68)78)54-31-41-61(42-32-54)84(3)63-47-37-57(38-48-63)69-24-16-25-71-70-21-12-15-28-76(70)87-81(69)71/h4-52H,1-3H3. The maximum Gasteiger partial charge on any atom is 0.143 e. The first-order valence-corrected chi connectivity index (χ1v) is 30.5. The molecule has 0 atom stereocenters. The molecule has 0 amide bonds. The van der Waals surface area contributed by atoms with E-state index < -0.39 is 0 Å². The van der Waals surface area contributed by atoms with Gasteiger partial charge in [-0.3, -0.25) is 0 Å². The molecule has 3 heterocycles. The van der Waals surface area contributed by atoms with Crippen molar-refractivity contribution in [1.82, 2.24) is 4.57 Å². The number of para-hydroxylation sites is 4. The molecule has 0 aliphatic carbocycles. The van der Waals surface area contributed by atoms with Gasteiger partial charge in [-0.05, 0) is 154 Å². The summed E-state index contributed by atoms with van der Waals surface area (Å²) < 4.78 is 11.9. The van der Waals surface area contributed by atoms with Crippen LogP contribution in [0.1, 0.15) is 0 Å². The Morgan fingerprint density at radius 1 is 0.299 bits per heavy atom. The van der Waals surface area contributed by atoms with Gasteiger partial charge in [0.2, 0.25) is 0 Å². The summed E-state index contributed by atoms with van der Waals surface area (Å²) in [5, 5.41) is 7.32. The van der Waals surface area contributed by atoms with Gasteiger partial charge >= 0.3 is 0 Å². The average Bonchev–Trinajstić information content (AvgIpc) is 1.77. The molecular formula is C81H58N4OS. The van der Waals surface area contributed by atoms with Gasteiger partial charge in [-0.25, -0.2) is 0 Å². The zero-order valence-electron chi connectivity index (χ0n) is 48.4. The lowest BCUT2D eigenvalue weighted by molar-refractivity contribution is 0.670. The molecule has 0 fully saturated rings. The number of fused-ring (bicyclic) bond motifs is 9. The normalized spacial score (nSPS) is 11.6. The number of anilines is 6. The Kier molecular flexibility index (Phi) is 12.7. The van der Waals surface area contributed by atoms with Crippen LogP contribution in [0, 0.1) is 0 Å². The Bertz CT molecular complexity index is 5220. The smallest absolute Gasteiger partial charge is 0.143 e. The Morgan fingerprint density at radius 2 is 0.713 bits per heavy atom. The molecule has 0 bridgehead atoms. The Balaban J connectivity index is 0.678. The van der Waals surface area contributed by atoms with Crippen molar-refractivity contribution in [3.63, 3.8) is 0 Å². The van der Waals surface area contributed by atoms with Crippen molar-refractivity contribution in [3.8, 4) is 61.3 Å². The largest absolute Gasteiger partial charge is 0.455 e. The van der Waals surface area contributed by atoms with E-state index in [-0.39, 0.29) is 0 Å². The van der Waals surface area contributed by atoms with Gasteiger partial charge in [0.1, 0.15) is 11.2 Å². The first-order valence-electron chi connectivity index (χ1n) is 29.6. The Morgan fingerprint density at radius 3 is 1.30 bits per heavy atom. The molecule has 5 nitrogen and oxygen atoms in total. The fourth-order valence-corrected chi connectivity index (χ4v) is 14.3. The molecule has 0 aliphatic heterocycles. The number of hydrogen-bond acceptors (Lipinski definition) is 5. The maximum atomic E-state index is 6.80. The highest BCUT2D eigenvalue weighted by Crippen LogP contribution is 2.47. The van der Waals surface area contributed by atoms with Gasteiger partial charge < -0.3 is 23.7 Å². The third-order valence-electron chi connectivity index (χ3n) is 17.7. The van der Waals surface area contributed by atoms with Gasteiger partial charge in [0.05, 0.1) is 11.0 Å². The number of benzene rings is 13. The van der Waals surface area contributed by atoms with Crippen molar-refractivity contribution < 1.29 is 4.42 Å². The second kappa shape index (κ2) is 21.3. The van der Waals surface area contributed by atoms with E-state index in [4.69, 9.17) is 4.42 Å². The molecule has 13 aromatic carbocycles. The first-order chi connectivity index (χ1) is 42.9. The van der Waals surface area contributed by atoms with E-state index in [1.165, 1.54) is 69.8 Å². The van der Waals surface area contributed by atoms with Crippen LogP contribution in [0.5, 0.6) is 0 Å². The van der Waals surface area contributed by atoms with Crippen molar-refractivity contribution >= 4 is 109 Å². The lowest BCUT2D eigenvalue weighted by atomic mass is 9.94. The van der Waals surface area contributed by atoms with E-state index in [9.17, 15) is 0 Å². The molecule has 0 spiro atoms. The highest BCUT2D eigenvalue weighted by atomic mass is 32.1. The van der Waals surface area contributed by atoms with Crippen molar-refractivity contribution in [2.75, 3.05) is 35.8 Å². The van der Waals surface area contributed by atoms with E-state index >= 15 is 0 Å². The molecule has 414 valence electrons. The van der Waals surface area contributed by atoms with Crippen LogP contribution in [0.15, 0.2) is 302 Å². The molecule has 0 aliphatic rings. The summed E-state index contributed by atoms with van der Waals surface area (Å²) in [4.78, 5) is 6.75. The van der Waals surface area contributed by atoms with Gasteiger partial charge in [0, 0.05) is 114 Å². The van der Waals surface area contributed by atoms with Gasteiger partial charge in [0.15, 0.2) is 0 Å². The van der Waals surface area contributed by atoms with E-state index in [1.807, 2.05) is 11.3 Å². The monoisotopic (exact) mass is 1130 g/mol. The number of rotatable bonds is 12. The maximum absolute atomic E-state index is 6.80. The molecule has 16 rings (SSSR count). The third kappa shape index (κ3) is 8.92. The lowest BCUT2D eigenvalue weighted by Gasteiger charge is -2.21. The van der Waals surface area contributed by atoms with Crippen LogP contribution in [-0.4, -0.2) is 25.7 Å². The third-order valence-corrected chi connectivity index (χ3v) is 19.0. The van der Waals surface area contributed by atoms with Crippen LogP contribution in [0.4, 0.5) is 34.1 Å². The van der Waals surface area contributed by atoms with Gasteiger partial charge in [0.25, 0.3) is 0 Å². The summed E-state index contributed by atoms with van der Waals surface area (Å²) in [5.41, 5.74) is 23.6. The van der Waals surface area contributed by atoms with Crippen LogP contribution in [0.25, 0.3) is 125 Å². The SMILES string of the molecule is CN(c1ccc(-c2cccc3c2sc2ccccc23)cc1)c1ccc(-c2ccc(-c3ccc(N(C)c4ccc(-c5ccc(-c6ccc(N(C)c7ccccc7)cc6)c6c5c5ccccc5n6-c5ccccc5)cc4)cc3)c3oc4ccccc4c23)cc1. The zero-order chi connectivity index (χ0) is 58.1. The second-order valence-electron chi connectivity index (χ2n) is 22.6. The predicted molar refractivity (Wildman–Crippen MR) is 372 cm³/mol. The zero-order valence-corrected chi connectivity index (χ0v) is 49.2. The van der Waals surface area contributed by atoms with Crippen LogP contribution in [-0.2, 0) is 0 Å². The minimum atomic E-state index is 0.876. The van der Waals surface area contributed by atoms with E-state index in [2.05, 4.69) is 338 Å². The lowest BCUT2D eigenvalue weighted by Crippen LogP contribution is -2.09. The van der Waals surface area contributed by atoms with Crippen molar-refractivity contribution in [2.45, 2.75) is 0 Å². The molecular weight excluding hydrogens is 1080 g/mol. The second-order valence-corrected chi connectivity index (χ2v) is 23.6. The highest BCUT2D eigenvalue weighted by Gasteiger charge is 2.22. The Labute approximate surface area is 509 Å². The molecule has 0 unspecified atom stereocenters. The van der Waals surface area contributed by atoms with Gasteiger partial charge in [-0.15, -0.1) is 11.3 Å². The quantitative estimate of drug-likeness (QED) is 0.122. The minimum absolute atomic E-state index is 0.876. The molecule has 3 aromatic heterocycles. The summed E-state index contributed by atoms with van der Waals surface area (Å²) in [6, 6.07) is 108. The number of hydrogen-bond donors (Lipinski definition) is 0. The highest BCUT2D eigenvalue weighted by molar-refractivity contribution is 7.26. The van der Waals surface area contributed by atoms with Crippen molar-refractivity contribution in [2.24, 2.45) is 0 Å². The number of thiophene rings is 1. The summed E-state index contributed by atoms with van der Waals surface area (Å²) >= 11 is 1.87. The molecule has 0 saturated carbocycles. The Hall–Kier alpha value is -10.9. The van der Waals surface area contributed by atoms with Gasteiger partial charge in [-0.1, -0.05) is 188 Å². The summed E-state index contributed by atoms with van der Waals surface area (Å²) in [6.45, 7) is 0. The van der Waals surface area contributed by atoms with Crippen LogP contribution in [0.2, 0.25) is 0 Å². The van der Waals surface area contributed by atoms with E-state index in [0.717, 1.165) is 89.6 Å². The topological polar surface area (TPSA) is 27.8 Å². The fraction of sp³-hybridized carbons (Fsp3) is 0.0370. The summed E-state index contributed by atoms with van der Waals surface area (Å²) in [7, 11) is 6.41. The predicted octanol–water partition coefficient (Wildman–Crippen LogP) is 22.7. The summed E-state index contributed by atoms with van der Waals surface area (Å²) in [5.74, 6) is 0. The number of furan rings is 1. The summed E-state index contributed by atoms with van der Waals surface area (Å²) in [6.07, 6.45) is 0. The molecule has 0 radical (unpaired) electrons.